The largest absolute Gasteiger partial charge is 0.341 e. The summed E-state index contributed by atoms with van der Waals surface area (Å²) >= 11 is 0. The quantitative estimate of drug-likeness (QED) is 0.770. The summed E-state index contributed by atoms with van der Waals surface area (Å²) in [6.45, 7) is 1.35. The van der Waals surface area contributed by atoms with Crippen LogP contribution in [0.1, 0.15) is 70.6 Å². The third-order valence-corrected chi connectivity index (χ3v) is 8.12. The fourth-order valence-electron chi connectivity index (χ4n) is 4.62. The van der Waals surface area contributed by atoms with Gasteiger partial charge in [0.1, 0.15) is 0 Å². The molecule has 0 aromatic heterocycles. The van der Waals surface area contributed by atoms with E-state index >= 15 is 0 Å². The zero-order valence-electron chi connectivity index (χ0n) is 15.2. The van der Waals surface area contributed by atoms with Crippen LogP contribution in [0, 0.1) is 5.92 Å². The third kappa shape index (κ3) is 4.74. The second-order valence-corrected chi connectivity index (χ2v) is 10.4. The highest BCUT2D eigenvalue weighted by Gasteiger charge is 2.37. The number of piperidine rings is 1. The van der Waals surface area contributed by atoms with Gasteiger partial charge >= 0.3 is 0 Å². The number of amides is 1. The maximum atomic E-state index is 12.8. The molecule has 3 rings (SSSR count). The van der Waals surface area contributed by atoms with Crippen LogP contribution >= 0.6 is 0 Å². The molecule has 0 radical (unpaired) electrons. The number of nitrogens with one attached hydrogen (secondary N) is 1. The van der Waals surface area contributed by atoms with Crippen molar-refractivity contribution in [3.05, 3.63) is 0 Å². The second kappa shape index (κ2) is 7.92. The molecule has 3 N–H and O–H groups in total. The SMILES string of the molecule is NC1(CNS(=O)(=O)C2CCCN(C(=O)C3CCCC3)C2)CCCCC1. The van der Waals surface area contributed by atoms with Crippen molar-refractivity contribution in [2.45, 2.75) is 81.4 Å². The minimum atomic E-state index is -3.43. The Morgan fingerprint density at radius 1 is 1.04 bits per heavy atom. The van der Waals surface area contributed by atoms with Crippen molar-refractivity contribution in [1.82, 2.24) is 9.62 Å². The minimum Gasteiger partial charge on any atom is -0.341 e. The highest BCUT2D eigenvalue weighted by atomic mass is 32.2. The van der Waals surface area contributed by atoms with Crippen molar-refractivity contribution in [3.63, 3.8) is 0 Å². The Kier molecular flexibility index (Phi) is 6.06. The number of nitrogens with zero attached hydrogens (tertiary/aromatic N) is 1. The van der Waals surface area contributed by atoms with E-state index in [9.17, 15) is 13.2 Å². The summed E-state index contributed by atoms with van der Waals surface area (Å²) in [5.74, 6) is 0.281. The maximum Gasteiger partial charge on any atom is 0.225 e. The van der Waals surface area contributed by atoms with Gasteiger partial charge in [0, 0.05) is 31.1 Å². The zero-order chi connectivity index (χ0) is 17.9. The first-order chi connectivity index (χ1) is 11.9. The Hall–Kier alpha value is -0.660. The van der Waals surface area contributed by atoms with Gasteiger partial charge in [0.2, 0.25) is 15.9 Å². The standard InChI is InChI=1S/C18H33N3O3S/c19-18(10-4-1-5-11-18)14-20-25(23,24)16-9-6-12-21(13-16)17(22)15-7-2-3-8-15/h15-16,20H,1-14,19H2. The summed E-state index contributed by atoms with van der Waals surface area (Å²) in [5, 5.41) is -0.501. The fourth-order valence-corrected chi connectivity index (χ4v) is 6.19. The van der Waals surface area contributed by atoms with E-state index in [4.69, 9.17) is 5.73 Å². The van der Waals surface area contributed by atoms with E-state index in [0.717, 1.165) is 57.8 Å². The van der Waals surface area contributed by atoms with Gasteiger partial charge in [-0.3, -0.25) is 4.79 Å². The van der Waals surface area contributed by atoms with Crippen LogP contribution in [0.2, 0.25) is 0 Å². The molecule has 0 spiro atoms. The molecule has 1 heterocycles. The van der Waals surface area contributed by atoms with Crippen LogP contribution in [0.4, 0.5) is 0 Å². The molecule has 0 aromatic rings. The van der Waals surface area contributed by atoms with E-state index in [1.54, 1.807) is 4.90 Å². The van der Waals surface area contributed by atoms with E-state index in [0.29, 0.717) is 26.1 Å². The van der Waals surface area contributed by atoms with Crippen LogP contribution < -0.4 is 10.5 Å². The third-order valence-electron chi connectivity index (χ3n) is 6.31. The lowest BCUT2D eigenvalue weighted by Gasteiger charge is -2.36. The first-order valence-electron chi connectivity index (χ1n) is 9.96. The topological polar surface area (TPSA) is 92.5 Å². The van der Waals surface area contributed by atoms with Crippen LogP contribution in [-0.4, -0.2) is 49.6 Å². The van der Waals surface area contributed by atoms with Gasteiger partial charge in [0.25, 0.3) is 0 Å². The van der Waals surface area contributed by atoms with E-state index < -0.39 is 20.8 Å². The second-order valence-electron chi connectivity index (χ2n) is 8.32. The molecule has 6 nitrogen and oxygen atoms in total. The molecule has 144 valence electrons. The molecule has 1 atom stereocenters. The van der Waals surface area contributed by atoms with Crippen molar-refractivity contribution in [3.8, 4) is 0 Å². The molecule has 1 amide bonds. The molecule has 3 fully saturated rings. The van der Waals surface area contributed by atoms with Crippen LogP contribution in [0.15, 0.2) is 0 Å². The number of hydrogen-bond acceptors (Lipinski definition) is 4. The first kappa shape index (κ1) is 19.1. The van der Waals surface area contributed by atoms with Crippen molar-refractivity contribution < 1.29 is 13.2 Å². The van der Waals surface area contributed by atoms with E-state index in [2.05, 4.69) is 4.72 Å². The monoisotopic (exact) mass is 371 g/mol. The van der Waals surface area contributed by atoms with E-state index in [-0.39, 0.29) is 11.8 Å². The zero-order valence-corrected chi connectivity index (χ0v) is 16.0. The molecule has 0 bridgehead atoms. The van der Waals surface area contributed by atoms with Crippen LogP contribution in [0.3, 0.4) is 0 Å². The summed E-state index contributed by atoms with van der Waals surface area (Å²) in [6, 6.07) is 0. The number of sulfonamides is 1. The number of carbonyl (C=O) groups is 1. The predicted octanol–water partition coefficient (Wildman–Crippen LogP) is 1.75. The molecular formula is C18H33N3O3S. The Morgan fingerprint density at radius 3 is 2.40 bits per heavy atom. The summed E-state index contributed by atoms with van der Waals surface area (Å²) < 4.78 is 28.3. The van der Waals surface area contributed by atoms with Crippen molar-refractivity contribution in [2.75, 3.05) is 19.6 Å². The lowest BCUT2D eigenvalue weighted by molar-refractivity contribution is -0.136. The summed E-state index contributed by atoms with van der Waals surface area (Å²) in [5.41, 5.74) is 5.96. The van der Waals surface area contributed by atoms with Crippen molar-refractivity contribution in [2.24, 2.45) is 11.7 Å². The van der Waals surface area contributed by atoms with E-state index in [1.165, 1.54) is 6.42 Å². The van der Waals surface area contributed by atoms with Gasteiger partial charge in [-0.1, -0.05) is 32.1 Å². The van der Waals surface area contributed by atoms with Gasteiger partial charge in [-0.2, -0.15) is 0 Å². The molecule has 2 saturated carbocycles. The first-order valence-corrected chi connectivity index (χ1v) is 11.5. The molecule has 25 heavy (non-hydrogen) atoms. The number of rotatable bonds is 5. The normalized spacial score (nSPS) is 28.2. The lowest BCUT2D eigenvalue weighted by Crippen LogP contribution is -2.55. The molecule has 3 aliphatic rings. The van der Waals surface area contributed by atoms with Gasteiger partial charge in [0.05, 0.1) is 5.25 Å². The molecule has 1 aliphatic heterocycles. The van der Waals surface area contributed by atoms with Gasteiger partial charge in [-0.15, -0.1) is 0 Å². The Morgan fingerprint density at radius 2 is 1.72 bits per heavy atom. The van der Waals surface area contributed by atoms with Gasteiger partial charge < -0.3 is 10.6 Å². The average Bonchev–Trinajstić information content (AvgIpc) is 3.15. The predicted molar refractivity (Wildman–Crippen MR) is 98.5 cm³/mol. The Bertz CT molecular complexity index is 566. The molecule has 1 saturated heterocycles. The van der Waals surface area contributed by atoms with Crippen molar-refractivity contribution >= 4 is 15.9 Å². The van der Waals surface area contributed by atoms with Crippen LogP contribution in [-0.2, 0) is 14.8 Å². The smallest absolute Gasteiger partial charge is 0.225 e. The Balaban J connectivity index is 1.56. The summed E-state index contributed by atoms with van der Waals surface area (Å²) in [4.78, 5) is 14.4. The summed E-state index contributed by atoms with van der Waals surface area (Å²) in [7, 11) is -3.43. The molecule has 2 aliphatic carbocycles. The number of carbonyl (C=O) groups excluding carboxylic acids is 1. The van der Waals surface area contributed by atoms with Gasteiger partial charge in [0.15, 0.2) is 0 Å². The average molecular weight is 372 g/mol. The van der Waals surface area contributed by atoms with Crippen LogP contribution in [0.25, 0.3) is 0 Å². The van der Waals surface area contributed by atoms with Gasteiger partial charge in [-0.25, -0.2) is 13.1 Å². The molecule has 7 heteroatoms. The molecular weight excluding hydrogens is 338 g/mol. The van der Waals surface area contributed by atoms with Crippen molar-refractivity contribution in [1.29, 1.82) is 0 Å². The lowest BCUT2D eigenvalue weighted by atomic mass is 9.83. The highest BCUT2D eigenvalue weighted by molar-refractivity contribution is 7.90. The minimum absolute atomic E-state index is 0.115. The van der Waals surface area contributed by atoms with Crippen LogP contribution in [0.5, 0.6) is 0 Å². The fraction of sp³-hybridized carbons (Fsp3) is 0.944. The van der Waals surface area contributed by atoms with Gasteiger partial charge in [-0.05, 0) is 38.5 Å². The highest BCUT2D eigenvalue weighted by Crippen LogP contribution is 2.29. The number of nitrogens with two attached hydrogens (primary N) is 1. The number of likely N-dealkylation sites (tertiary alicyclic amines) is 1. The summed E-state index contributed by atoms with van der Waals surface area (Å²) in [6.07, 6.45) is 10.6. The van der Waals surface area contributed by atoms with E-state index in [1.807, 2.05) is 0 Å². The maximum absolute atomic E-state index is 12.8. The molecule has 1 unspecified atom stereocenters. The Labute approximate surface area is 151 Å². The molecule has 0 aromatic carbocycles. The number of hydrogen-bond donors (Lipinski definition) is 2.